The average Bonchev–Trinajstić information content (AvgIpc) is 2.85. The van der Waals surface area contributed by atoms with Gasteiger partial charge in [-0.1, -0.05) is 6.08 Å². The van der Waals surface area contributed by atoms with Gasteiger partial charge in [-0.25, -0.2) is 0 Å². The zero-order valence-electron chi connectivity index (χ0n) is 15.2. The number of phenols is 1. The molecule has 4 nitrogen and oxygen atoms in total. The van der Waals surface area contributed by atoms with Gasteiger partial charge in [0.15, 0.2) is 0 Å². The van der Waals surface area contributed by atoms with E-state index in [1.807, 2.05) is 12.1 Å². The van der Waals surface area contributed by atoms with Crippen LogP contribution in [0.5, 0.6) is 5.75 Å². The second-order valence-electron chi connectivity index (χ2n) is 8.47. The second-order valence-corrected chi connectivity index (χ2v) is 8.47. The van der Waals surface area contributed by atoms with E-state index < -0.39 is 0 Å². The molecule has 4 heteroatoms. The summed E-state index contributed by atoms with van der Waals surface area (Å²) in [6.45, 7) is 3.54. The van der Waals surface area contributed by atoms with Crippen LogP contribution in [-0.4, -0.2) is 45.5 Å². The van der Waals surface area contributed by atoms with Crippen LogP contribution in [0.1, 0.15) is 30.6 Å². The van der Waals surface area contributed by atoms with Crippen LogP contribution in [-0.2, 0) is 13.5 Å². The van der Waals surface area contributed by atoms with Gasteiger partial charge in [-0.05, 0) is 36.3 Å². The number of likely N-dealkylation sites (N-methyl/N-ethyl adjacent to an activating group) is 1. The molecule has 2 N–H and O–H groups in total. The van der Waals surface area contributed by atoms with Gasteiger partial charge in [0.2, 0.25) is 0 Å². The summed E-state index contributed by atoms with van der Waals surface area (Å²) in [6.07, 6.45) is 4.42. The maximum atomic E-state index is 10.2. The lowest BCUT2D eigenvalue weighted by Crippen LogP contribution is -2.70. The summed E-state index contributed by atoms with van der Waals surface area (Å²) in [5.74, 6) is 1.21. The molecule has 0 spiro atoms. The molecule has 0 saturated carbocycles. The zero-order chi connectivity index (χ0) is 17.5. The first-order chi connectivity index (χ1) is 12.0. The van der Waals surface area contributed by atoms with E-state index in [1.54, 1.807) is 6.07 Å². The molecule has 4 aliphatic rings. The van der Waals surface area contributed by atoms with Gasteiger partial charge in [-0.2, -0.15) is 0 Å². The van der Waals surface area contributed by atoms with Crippen LogP contribution >= 0.6 is 0 Å². The number of quaternary nitrogens is 1. The number of piperidine rings is 3. The van der Waals surface area contributed by atoms with Crippen molar-refractivity contribution in [3.63, 3.8) is 0 Å². The molecule has 1 aromatic heterocycles. The maximum absolute atomic E-state index is 10.2. The van der Waals surface area contributed by atoms with Crippen LogP contribution in [0.15, 0.2) is 29.8 Å². The molecule has 0 amide bonds. The van der Waals surface area contributed by atoms with E-state index in [9.17, 15) is 10.2 Å². The van der Waals surface area contributed by atoms with Gasteiger partial charge in [0.1, 0.15) is 18.3 Å². The molecule has 5 atom stereocenters. The third-order valence-corrected chi connectivity index (χ3v) is 7.61. The Kier molecular flexibility index (Phi) is 3.03. The minimum Gasteiger partial charge on any atom is -0.508 e. The molecule has 4 aliphatic heterocycles. The van der Waals surface area contributed by atoms with Crippen molar-refractivity contribution in [1.82, 2.24) is 4.57 Å². The van der Waals surface area contributed by atoms with Crippen LogP contribution in [0.2, 0.25) is 0 Å². The number of aromatic hydroxyl groups is 1. The molecule has 0 unspecified atom stereocenters. The highest BCUT2D eigenvalue weighted by Gasteiger charge is 2.61. The van der Waals surface area contributed by atoms with E-state index in [4.69, 9.17) is 0 Å². The van der Waals surface area contributed by atoms with Crippen LogP contribution in [0.4, 0.5) is 0 Å². The first kappa shape index (κ1) is 15.5. The lowest BCUT2D eigenvalue weighted by atomic mass is 9.62. The van der Waals surface area contributed by atoms with E-state index in [2.05, 4.69) is 31.7 Å². The summed E-state index contributed by atoms with van der Waals surface area (Å²) in [5.41, 5.74) is 5.61. The fraction of sp³-hybridized carbons (Fsp3) is 0.524. The number of rotatable bonds is 1. The minimum absolute atomic E-state index is 0.276. The lowest BCUT2D eigenvalue weighted by Gasteiger charge is -2.63. The summed E-state index contributed by atoms with van der Waals surface area (Å²) in [7, 11) is 4.57. The number of aliphatic hydroxyl groups excluding tert-OH is 1. The molecule has 4 bridgehead atoms. The smallest absolute Gasteiger partial charge is 0.131 e. The average molecular weight is 339 g/mol. The number of hydrogen-bond acceptors (Lipinski definition) is 2. The van der Waals surface area contributed by atoms with E-state index in [0.717, 1.165) is 23.9 Å². The normalized spacial score (nSPS) is 37.7. The van der Waals surface area contributed by atoms with E-state index in [1.165, 1.54) is 27.7 Å². The predicted octanol–water partition coefficient (Wildman–Crippen LogP) is 2.88. The quantitative estimate of drug-likeness (QED) is 0.620. The first-order valence-electron chi connectivity index (χ1n) is 9.40. The summed E-state index contributed by atoms with van der Waals surface area (Å²) in [6, 6.07) is 6.72. The highest BCUT2D eigenvalue weighted by Crippen LogP contribution is 2.58. The summed E-state index contributed by atoms with van der Waals surface area (Å²) in [5, 5.41) is 21.4. The van der Waals surface area contributed by atoms with Gasteiger partial charge in [-0.15, -0.1) is 0 Å². The third-order valence-electron chi connectivity index (χ3n) is 7.61. The van der Waals surface area contributed by atoms with Gasteiger partial charge >= 0.3 is 0 Å². The number of hydrogen-bond donors (Lipinski definition) is 2. The number of fused-ring (bicyclic) bond motifs is 4. The highest BCUT2D eigenvalue weighted by atomic mass is 16.3. The Hall–Kier alpha value is -1.78. The molecule has 3 fully saturated rings. The molecule has 5 heterocycles. The highest BCUT2D eigenvalue weighted by molar-refractivity contribution is 5.87. The van der Waals surface area contributed by atoms with Crippen molar-refractivity contribution in [2.75, 3.05) is 20.2 Å². The van der Waals surface area contributed by atoms with Gasteiger partial charge < -0.3 is 19.3 Å². The van der Waals surface area contributed by atoms with Crippen molar-refractivity contribution in [2.45, 2.75) is 31.8 Å². The number of aryl methyl sites for hydroxylation is 1. The van der Waals surface area contributed by atoms with Crippen LogP contribution in [0.25, 0.3) is 10.9 Å². The molecule has 6 rings (SSSR count). The van der Waals surface area contributed by atoms with Gasteiger partial charge in [-0.3, -0.25) is 0 Å². The van der Waals surface area contributed by atoms with Crippen molar-refractivity contribution < 1.29 is 14.7 Å². The third kappa shape index (κ3) is 1.74. The van der Waals surface area contributed by atoms with E-state index in [0.29, 0.717) is 29.7 Å². The second kappa shape index (κ2) is 4.89. The summed E-state index contributed by atoms with van der Waals surface area (Å²) in [4.78, 5) is 0. The minimum atomic E-state index is 0.276. The molecule has 3 saturated heterocycles. The number of allylic oxidation sites excluding steroid dienone is 1. The number of benzene rings is 1. The lowest BCUT2D eigenvalue weighted by molar-refractivity contribution is -0.978. The van der Waals surface area contributed by atoms with E-state index >= 15 is 0 Å². The Morgan fingerprint density at radius 3 is 2.88 bits per heavy atom. The first-order valence-corrected chi connectivity index (χ1v) is 9.40. The van der Waals surface area contributed by atoms with Gasteiger partial charge in [0.25, 0.3) is 0 Å². The number of aliphatic hydroxyl groups is 1. The fourth-order valence-corrected chi connectivity index (χ4v) is 6.44. The Bertz CT molecular complexity index is 912. The van der Waals surface area contributed by atoms with Crippen LogP contribution in [0.3, 0.4) is 0 Å². The number of phenolic OH excluding ortho intramolecular Hbond substituents is 1. The van der Waals surface area contributed by atoms with Crippen molar-refractivity contribution >= 4 is 10.9 Å². The van der Waals surface area contributed by atoms with Gasteiger partial charge in [0.05, 0.1) is 25.4 Å². The predicted molar refractivity (Wildman–Crippen MR) is 98.3 cm³/mol. The molecule has 25 heavy (non-hydrogen) atoms. The maximum Gasteiger partial charge on any atom is 0.131 e. The molecule has 1 aromatic carbocycles. The Morgan fingerprint density at radius 2 is 2.16 bits per heavy atom. The Morgan fingerprint density at radius 1 is 1.36 bits per heavy atom. The van der Waals surface area contributed by atoms with Crippen molar-refractivity contribution in [3.8, 4) is 5.75 Å². The Balaban J connectivity index is 1.77. The molecule has 2 aromatic rings. The van der Waals surface area contributed by atoms with E-state index in [-0.39, 0.29) is 6.61 Å². The van der Waals surface area contributed by atoms with Crippen molar-refractivity contribution in [1.29, 1.82) is 0 Å². The molecule has 132 valence electrons. The molecule has 0 aliphatic carbocycles. The molecular weight excluding hydrogens is 312 g/mol. The zero-order valence-corrected chi connectivity index (χ0v) is 15.2. The largest absolute Gasteiger partial charge is 0.508 e. The number of aromatic nitrogens is 1. The number of nitrogens with zero attached hydrogens (tertiary/aromatic N) is 2. The summed E-state index contributed by atoms with van der Waals surface area (Å²) >= 11 is 0. The van der Waals surface area contributed by atoms with Crippen LogP contribution in [0, 0.1) is 11.8 Å². The van der Waals surface area contributed by atoms with Crippen LogP contribution < -0.4 is 0 Å². The fourth-order valence-electron chi connectivity index (χ4n) is 6.44. The standard InChI is InChI=1S/C21H26N2O2/c1-4-12-10-23(3)19-9-16-15-7-13(25)5-6-18(15)22(2)21(16)20(23)8-14(12)17(19)11-24/h4-7,14,17,19-20,24H,8-11H2,1-3H3/p+1/b12-4-/t14-,17+,19-,20-,23-/m0/s1. The monoisotopic (exact) mass is 339 g/mol. The molecule has 0 radical (unpaired) electrons. The SMILES string of the molecule is C/C=C1/C[N@+]2(C)[C@H]3C[C@@H]1[C@@H](CO)[C@@H]2Cc1c3n(C)c2ccc(O)cc12. The topological polar surface area (TPSA) is 45.4 Å². The van der Waals surface area contributed by atoms with Crippen molar-refractivity contribution in [2.24, 2.45) is 18.9 Å². The van der Waals surface area contributed by atoms with Gasteiger partial charge in [0, 0.05) is 42.6 Å². The molecular formula is C21H27N2O2+. The summed E-state index contributed by atoms with van der Waals surface area (Å²) < 4.78 is 3.39. The van der Waals surface area contributed by atoms with Crippen molar-refractivity contribution in [3.05, 3.63) is 41.1 Å². The Labute approximate surface area is 148 Å².